The molecule has 136 valence electrons. The van der Waals surface area contributed by atoms with Gasteiger partial charge in [0.05, 0.1) is 13.2 Å². The maximum atomic E-state index is 11.8. The van der Waals surface area contributed by atoms with Crippen LogP contribution < -0.4 is 20.9 Å². The quantitative estimate of drug-likeness (QED) is 0.769. The Balaban J connectivity index is 1.47. The molecule has 0 aliphatic carbocycles. The lowest BCUT2D eigenvalue weighted by Gasteiger charge is -2.28. The summed E-state index contributed by atoms with van der Waals surface area (Å²) >= 11 is 0. The molecule has 0 saturated carbocycles. The summed E-state index contributed by atoms with van der Waals surface area (Å²) in [6.07, 6.45) is 1.73. The van der Waals surface area contributed by atoms with Gasteiger partial charge in [0.25, 0.3) is 0 Å². The van der Waals surface area contributed by atoms with Gasteiger partial charge in [0.2, 0.25) is 11.9 Å². The largest absolute Gasteiger partial charge is 0.378 e. The first kappa shape index (κ1) is 16.6. The van der Waals surface area contributed by atoms with E-state index >= 15 is 0 Å². The zero-order chi connectivity index (χ0) is 17.9. The zero-order valence-electron chi connectivity index (χ0n) is 14.7. The van der Waals surface area contributed by atoms with E-state index < -0.39 is 0 Å². The molecule has 1 saturated heterocycles. The molecule has 8 nitrogen and oxygen atoms in total. The van der Waals surface area contributed by atoms with Crippen molar-refractivity contribution in [2.24, 2.45) is 0 Å². The first-order valence-corrected chi connectivity index (χ1v) is 8.79. The van der Waals surface area contributed by atoms with Crippen LogP contribution in [0.3, 0.4) is 0 Å². The van der Waals surface area contributed by atoms with E-state index in [1.165, 1.54) is 5.69 Å². The van der Waals surface area contributed by atoms with Crippen LogP contribution >= 0.6 is 0 Å². The normalized spacial score (nSPS) is 19.8. The van der Waals surface area contributed by atoms with Gasteiger partial charge in [-0.2, -0.15) is 4.98 Å². The number of carbonyl (C=O) groups is 1. The lowest BCUT2D eigenvalue weighted by Crippen LogP contribution is -2.36. The van der Waals surface area contributed by atoms with Gasteiger partial charge in [-0.25, -0.2) is 4.98 Å². The summed E-state index contributed by atoms with van der Waals surface area (Å²) in [5.41, 5.74) is 2.97. The molecular formula is C18H22N6O2. The van der Waals surface area contributed by atoms with Crippen LogP contribution in [0.5, 0.6) is 0 Å². The van der Waals surface area contributed by atoms with Crippen molar-refractivity contribution in [2.75, 3.05) is 41.8 Å². The Labute approximate surface area is 152 Å². The number of morpholine rings is 1. The number of ether oxygens (including phenoxy) is 1. The van der Waals surface area contributed by atoms with Crippen LogP contribution in [-0.2, 0) is 16.1 Å². The molecule has 1 aromatic heterocycles. The minimum atomic E-state index is -0.327. The van der Waals surface area contributed by atoms with Gasteiger partial charge in [-0.15, -0.1) is 0 Å². The number of rotatable bonds is 3. The van der Waals surface area contributed by atoms with E-state index in [1.807, 2.05) is 19.1 Å². The molecule has 1 atom stereocenters. The zero-order valence-corrected chi connectivity index (χ0v) is 14.7. The Morgan fingerprint density at radius 1 is 1.23 bits per heavy atom. The number of anilines is 4. The van der Waals surface area contributed by atoms with Crippen molar-refractivity contribution >= 4 is 29.0 Å². The van der Waals surface area contributed by atoms with Gasteiger partial charge in [-0.1, -0.05) is 0 Å². The van der Waals surface area contributed by atoms with Crippen LogP contribution in [0.25, 0.3) is 0 Å². The predicted molar refractivity (Wildman–Crippen MR) is 99.7 cm³/mol. The van der Waals surface area contributed by atoms with Gasteiger partial charge in [-0.3, -0.25) is 4.79 Å². The summed E-state index contributed by atoms with van der Waals surface area (Å²) < 4.78 is 5.39. The van der Waals surface area contributed by atoms with E-state index in [-0.39, 0.29) is 11.9 Å². The first-order valence-electron chi connectivity index (χ1n) is 8.79. The van der Waals surface area contributed by atoms with Gasteiger partial charge in [0.15, 0.2) is 0 Å². The molecule has 2 aliphatic heterocycles. The minimum absolute atomic E-state index is 0.0452. The average Bonchev–Trinajstić information content (AvgIpc) is 2.81. The summed E-state index contributed by atoms with van der Waals surface area (Å²) in [6.45, 7) is 5.61. The molecule has 1 amide bonds. The Hall–Kier alpha value is -2.87. The first-order chi connectivity index (χ1) is 12.7. The second-order valence-corrected chi connectivity index (χ2v) is 6.42. The van der Waals surface area contributed by atoms with Gasteiger partial charge in [0.1, 0.15) is 11.9 Å². The molecule has 1 fully saturated rings. The molecule has 0 spiro atoms. The SMILES string of the molecule is CC1Nc2nc(Nc3ccc(N4CCOCC4)cc3)ncc2CNC1=O. The Bertz CT molecular complexity index is 789. The van der Waals surface area contributed by atoms with Crippen molar-refractivity contribution in [3.8, 4) is 0 Å². The highest BCUT2D eigenvalue weighted by Gasteiger charge is 2.20. The predicted octanol–water partition coefficient (Wildman–Crippen LogP) is 1.49. The van der Waals surface area contributed by atoms with E-state index in [2.05, 4.69) is 43.0 Å². The summed E-state index contributed by atoms with van der Waals surface area (Å²) in [5.74, 6) is 1.13. The number of nitrogens with zero attached hydrogens (tertiary/aromatic N) is 3. The lowest BCUT2D eigenvalue weighted by molar-refractivity contribution is -0.121. The average molecular weight is 354 g/mol. The van der Waals surface area contributed by atoms with E-state index in [1.54, 1.807) is 6.20 Å². The lowest BCUT2D eigenvalue weighted by atomic mass is 10.2. The molecule has 4 rings (SSSR count). The number of carbonyl (C=O) groups excluding carboxylic acids is 1. The van der Waals surface area contributed by atoms with Gasteiger partial charge in [-0.05, 0) is 31.2 Å². The molecule has 1 aromatic carbocycles. The van der Waals surface area contributed by atoms with Crippen LogP contribution in [0.4, 0.5) is 23.1 Å². The highest BCUT2D eigenvalue weighted by molar-refractivity contribution is 5.85. The molecule has 0 radical (unpaired) electrons. The van der Waals surface area contributed by atoms with E-state index in [0.29, 0.717) is 18.3 Å². The standard InChI is InChI=1S/C18H22N6O2/c1-12-17(25)19-10-13-11-20-18(23-16(13)21-12)22-14-2-4-15(5-3-14)24-6-8-26-9-7-24/h2-5,11-12H,6-10H2,1H3,(H,19,25)(H2,20,21,22,23). The maximum absolute atomic E-state index is 11.8. The van der Waals surface area contributed by atoms with Crippen LogP contribution in [0.15, 0.2) is 30.5 Å². The van der Waals surface area contributed by atoms with Crippen LogP contribution in [-0.4, -0.2) is 48.2 Å². The monoisotopic (exact) mass is 354 g/mol. The third-order valence-electron chi connectivity index (χ3n) is 4.56. The number of fused-ring (bicyclic) bond motifs is 1. The summed E-state index contributed by atoms with van der Waals surface area (Å²) in [5, 5.41) is 9.19. The van der Waals surface area contributed by atoms with Crippen LogP contribution in [0.1, 0.15) is 12.5 Å². The van der Waals surface area contributed by atoms with Gasteiger partial charge >= 0.3 is 0 Å². The van der Waals surface area contributed by atoms with Crippen molar-refractivity contribution in [3.63, 3.8) is 0 Å². The summed E-state index contributed by atoms with van der Waals surface area (Å²) in [4.78, 5) is 22.9. The molecule has 0 bridgehead atoms. The van der Waals surface area contributed by atoms with Crippen molar-refractivity contribution in [3.05, 3.63) is 36.0 Å². The minimum Gasteiger partial charge on any atom is -0.378 e. The smallest absolute Gasteiger partial charge is 0.242 e. The Morgan fingerprint density at radius 2 is 2.00 bits per heavy atom. The maximum Gasteiger partial charge on any atom is 0.242 e. The number of amides is 1. The van der Waals surface area contributed by atoms with E-state index in [4.69, 9.17) is 4.74 Å². The van der Waals surface area contributed by atoms with E-state index in [9.17, 15) is 4.79 Å². The molecule has 8 heteroatoms. The third kappa shape index (κ3) is 3.55. The van der Waals surface area contributed by atoms with Crippen molar-refractivity contribution < 1.29 is 9.53 Å². The highest BCUT2D eigenvalue weighted by Crippen LogP contribution is 2.22. The van der Waals surface area contributed by atoms with Crippen molar-refractivity contribution in [2.45, 2.75) is 19.5 Å². The number of nitrogens with one attached hydrogen (secondary N) is 3. The molecule has 2 aromatic rings. The second kappa shape index (κ2) is 7.17. The number of hydrogen-bond donors (Lipinski definition) is 3. The topological polar surface area (TPSA) is 91.4 Å². The molecule has 1 unspecified atom stereocenters. The van der Waals surface area contributed by atoms with E-state index in [0.717, 1.165) is 37.6 Å². The molecule has 3 N–H and O–H groups in total. The third-order valence-corrected chi connectivity index (χ3v) is 4.56. The number of hydrogen-bond acceptors (Lipinski definition) is 7. The molecular weight excluding hydrogens is 332 g/mol. The van der Waals surface area contributed by atoms with Crippen molar-refractivity contribution in [1.29, 1.82) is 0 Å². The fourth-order valence-corrected chi connectivity index (χ4v) is 3.03. The van der Waals surface area contributed by atoms with Gasteiger partial charge < -0.3 is 25.6 Å². The molecule has 3 heterocycles. The summed E-state index contributed by atoms with van der Waals surface area (Å²) in [6, 6.07) is 7.87. The summed E-state index contributed by atoms with van der Waals surface area (Å²) in [7, 11) is 0. The molecule has 26 heavy (non-hydrogen) atoms. The Kier molecular flexibility index (Phi) is 4.57. The number of aromatic nitrogens is 2. The highest BCUT2D eigenvalue weighted by atomic mass is 16.5. The fraction of sp³-hybridized carbons (Fsp3) is 0.389. The second-order valence-electron chi connectivity index (χ2n) is 6.42. The van der Waals surface area contributed by atoms with Gasteiger partial charge in [0, 0.05) is 42.8 Å². The van der Waals surface area contributed by atoms with Crippen molar-refractivity contribution in [1.82, 2.24) is 15.3 Å². The fourth-order valence-electron chi connectivity index (χ4n) is 3.03. The van der Waals surface area contributed by atoms with Crippen LogP contribution in [0, 0.1) is 0 Å². The number of benzene rings is 1. The molecule has 2 aliphatic rings. The van der Waals surface area contributed by atoms with Crippen LogP contribution in [0.2, 0.25) is 0 Å². The Morgan fingerprint density at radius 3 is 2.77 bits per heavy atom.